The average molecular weight is 296 g/mol. The molecule has 2 N–H and O–H groups in total. The van der Waals surface area contributed by atoms with Gasteiger partial charge in [-0.15, -0.1) is 11.8 Å². The number of hydrogen-bond donors (Lipinski definition) is 1. The van der Waals surface area contributed by atoms with Gasteiger partial charge in [0.15, 0.2) is 0 Å². The predicted octanol–water partition coefficient (Wildman–Crippen LogP) is 3.37. The molecule has 4 heteroatoms. The van der Waals surface area contributed by atoms with Crippen LogP contribution in [0.2, 0.25) is 0 Å². The zero-order valence-electron chi connectivity index (χ0n) is 12.2. The first-order chi connectivity index (χ1) is 9.70. The van der Waals surface area contributed by atoms with Crippen molar-refractivity contribution in [1.29, 1.82) is 0 Å². The Kier molecular flexibility index (Phi) is 6.33. The summed E-state index contributed by atoms with van der Waals surface area (Å²) in [6.45, 7) is 1.86. The highest BCUT2D eigenvalue weighted by molar-refractivity contribution is 7.99. The van der Waals surface area contributed by atoms with Gasteiger partial charge in [0, 0.05) is 23.2 Å². The number of thioether (sulfide) groups is 1. The van der Waals surface area contributed by atoms with Crippen molar-refractivity contribution in [3.63, 3.8) is 0 Å². The van der Waals surface area contributed by atoms with Crippen molar-refractivity contribution in [2.24, 2.45) is 11.7 Å². The zero-order chi connectivity index (χ0) is 14.4. The molecule has 0 spiro atoms. The summed E-state index contributed by atoms with van der Waals surface area (Å²) < 4.78 is 12.8. The predicted molar refractivity (Wildman–Crippen MR) is 84.6 cm³/mol. The van der Waals surface area contributed by atoms with E-state index in [0.717, 1.165) is 23.7 Å². The van der Waals surface area contributed by atoms with Gasteiger partial charge in [0.1, 0.15) is 5.82 Å². The van der Waals surface area contributed by atoms with Crippen molar-refractivity contribution in [3.8, 4) is 0 Å². The van der Waals surface area contributed by atoms with Crippen LogP contribution in [0.5, 0.6) is 0 Å². The summed E-state index contributed by atoms with van der Waals surface area (Å²) in [6, 6.07) is 7.39. The zero-order valence-corrected chi connectivity index (χ0v) is 13.0. The minimum atomic E-state index is -0.167. The molecule has 0 radical (unpaired) electrons. The lowest BCUT2D eigenvalue weighted by Crippen LogP contribution is -2.43. The molecular weight excluding hydrogens is 271 g/mol. The van der Waals surface area contributed by atoms with Crippen molar-refractivity contribution in [2.45, 2.75) is 36.6 Å². The van der Waals surface area contributed by atoms with Crippen LogP contribution in [0.1, 0.15) is 25.7 Å². The smallest absolute Gasteiger partial charge is 0.123 e. The van der Waals surface area contributed by atoms with Crippen LogP contribution in [0, 0.1) is 11.7 Å². The van der Waals surface area contributed by atoms with Crippen LogP contribution in [0.3, 0.4) is 0 Å². The van der Waals surface area contributed by atoms with Crippen LogP contribution in [-0.4, -0.2) is 36.8 Å². The first-order valence-electron chi connectivity index (χ1n) is 7.49. The van der Waals surface area contributed by atoms with E-state index in [1.54, 1.807) is 11.8 Å². The molecule has 1 fully saturated rings. The van der Waals surface area contributed by atoms with Gasteiger partial charge >= 0.3 is 0 Å². The van der Waals surface area contributed by atoms with Gasteiger partial charge in [0.25, 0.3) is 0 Å². The third kappa shape index (κ3) is 4.47. The molecule has 0 aromatic heterocycles. The quantitative estimate of drug-likeness (QED) is 0.816. The third-order valence-corrected chi connectivity index (χ3v) is 5.26. The van der Waals surface area contributed by atoms with E-state index >= 15 is 0 Å². The van der Waals surface area contributed by atoms with Crippen LogP contribution in [-0.2, 0) is 0 Å². The maximum Gasteiger partial charge on any atom is 0.123 e. The molecular formula is C16H25FN2S. The van der Waals surface area contributed by atoms with Gasteiger partial charge < -0.3 is 10.6 Å². The van der Waals surface area contributed by atoms with Crippen LogP contribution >= 0.6 is 11.8 Å². The second kappa shape index (κ2) is 8.01. The second-order valence-corrected chi connectivity index (χ2v) is 6.80. The summed E-state index contributed by atoms with van der Waals surface area (Å²) in [5.74, 6) is 1.53. The Bertz CT molecular complexity index is 396. The average Bonchev–Trinajstić information content (AvgIpc) is 2.49. The molecule has 2 nitrogen and oxygen atoms in total. The molecule has 1 aliphatic rings. The molecule has 2 atom stereocenters. The number of nitrogens with two attached hydrogens (primary N) is 1. The highest BCUT2D eigenvalue weighted by Crippen LogP contribution is 2.27. The summed E-state index contributed by atoms with van der Waals surface area (Å²) in [5.41, 5.74) is 5.90. The highest BCUT2D eigenvalue weighted by atomic mass is 32.2. The van der Waals surface area contributed by atoms with Crippen molar-refractivity contribution in [3.05, 3.63) is 30.1 Å². The molecule has 2 unspecified atom stereocenters. The molecule has 112 valence electrons. The Morgan fingerprint density at radius 1 is 1.25 bits per heavy atom. The molecule has 0 amide bonds. The van der Waals surface area contributed by atoms with E-state index in [1.165, 1.54) is 37.8 Å². The van der Waals surface area contributed by atoms with Crippen LogP contribution in [0.15, 0.2) is 29.2 Å². The Morgan fingerprint density at radius 3 is 2.65 bits per heavy atom. The van der Waals surface area contributed by atoms with Crippen molar-refractivity contribution in [1.82, 2.24) is 4.90 Å². The van der Waals surface area contributed by atoms with Gasteiger partial charge in [0.05, 0.1) is 0 Å². The molecule has 1 saturated carbocycles. The molecule has 1 aliphatic carbocycles. The minimum absolute atomic E-state index is 0.167. The fourth-order valence-electron chi connectivity index (χ4n) is 3.05. The third-order valence-electron chi connectivity index (χ3n) is 4.26. The van der Waals surface area contributed by atoms with Gasteiger partial charge in [-0.25, -0.2) is 4.39 Å². The lowest BCUT2D eigenvalue weighted by molar-refractivity contribution is 0.140. The first-order valence-corrected chi connectivity index (χ1v) is 8.48. The van der Waals surface area contributed by atoms with Crippen molar-refractivity contribution < 1.29 is 4.39 Å². The lowest BCUT2D eigenvalue weighted by Gasteiger charge is -2.37. The Balaban J connectivity index is 1.76. The molecule has 1 aromatic rings. The van der Waals surface area contributed by atoms with Gasteiger partial charge in [-0.1, -0.05) is 12.8 Å². The SMILES string of the molecule is CN(CCSc1ccc(F)cc1)C1CCCCC1CN. The number of halogens is 1. The van der Waals surface area contributed by atoms with Gasteiger partial charge in [0.2, 0.25) is 0 Å². The van der Waals surface area contributed by atoms with Gasteiger partial charge in [-0.2, -0.15) is 0 Å². The normalized spacial score (nSPS) is 23.2. The summed E-state index contributed by atoms with van der Waals surface area (Å²) in [4.78, 5) is 3.60. The van der Waals surface area contributed by atoms with Gasteiger partial charge in [-0.05, 0) is 56.6 Å². The van der Waals surface area contributed by atoms with E-state index < -0.39 is 0 Å². The summed E-state index contributed by atoms with van der Waals surface area (Å²) >= 11 is 1.79. The Hall–Kier alpha value is -0.580. The number of rotatable bonds is 6. The molecule has 0 aliphatic heterocycles. The monoisotopic (exact) mass is 296 g/mol. The largest absolute Gasteiger partial charge is 0.330 e. The van der Waals surface area contributed by atoms with Crippen molar-refractivity contribution in [2.75, 3.05) is 25.9 Å². The van der Waals surface area contributed by atoms with E-state index in [1.807, 2.05) is 12.1 Å². The molecule has 0 bridgehead atoms. The topological polar surface area (TPSA) is 29.3 Å². The fourth-order valence-corrected chi connectivity index (χ4v) is 3.99. The second-order valence-electron chi connectivity index (χ2n) is 5.63. The maximum absolute atomic E-state index is 12.8. The highest BCUT2D eigenvalue weighted by Gasteiger charge is 2.26. The van der Waals surface area contributed by atoms with E-state index in [9.17, 15) is 4.39 Å². The number of hydrogen-bond acceptors (Lipinski definition) is 3. The number of nitrogens with zero attached hydrogens (tertiary/aromatic N) is 1. The molecule has 1 aromatic carbocycles. The fraction of sp³-hybridized carbons (Fsp3) is 0.625. The van der Waals surface area contributed by atoms with E-state index in [0.29, 0.717) is 12.0 Å². The van der Waals surface area contributed by atoms with Gasteiger partial charge in [-0.3, -0.25) is 0 Å². The standard InChI is InChI=1S/C16H25FN2S/c1-19(16-5-3-2-4-13(16)12-18)10-11-20-15-8-6-14(17)7-9-15/h6-9,13,16H,2-5,10-12,18H2,1H3. The minimum Gasteiger partial charge on any atom is -0.330 e. The van der Waals surface area contributed by atoms with E-state index in [4.69, 9.17) is 5.73 Å². The van der Waals surface area contributed by atoms with Crippen LogP contribution in [0.4, 0.5) is 4.39 Å². The lowest BCUT2D eigenvalue weighted by atomic mass is 9.84. The van der Waals surface area contributed by atoms with Crippen LogP contribution in [0.25, 0.3) is 0 Å². The molecule has 2 rings (SSSR count). The number of benzene rings is 1. The molecule has 0 heterocycles. The first kappa shape index (κ1) is 15.8. The van der Waals surface area contributed by atoms with E-state index in [-0.39, 0.29) is 5.82 Å². The van der Waals surface area contributed by atoms with Crippen molar-refractivity contribution >= 4 is 11.8 Å². The van der Waals surface area contributed by atoms with Crippen LogP contribution < -0.4 is 5.73 Å². The Labute approximate surface area is 125 Å². The molecule has 20 heavy (non-hydrogen) atoms. The summed E-state index contributed by atoms with van der Waals surface area (Å²) in [7, 11) is 2.21. The summed E-state index contributed by atoms with van der Waals surface area (Å²) in [5, 5.41) is 0. The maximum atomic E-state index is 12.8. The summed E-state index contributed by atoms with van der Waals surface area (Å²) in [6.07, 6.45) is 5.21. The Morgan fingerprint density at radius 2 is 1.95 bits per heavy atom. The molecule has 0 saturated heterocycles. The van der Waals surface area contributed by atoms with E-state index in [2.05, 4.69) is 11.9 Å².